The number of Topliss-reactive ketones (excluding diaryl/α,β-unsaturated/α-hetero) is 1. The molecule has 0 aliphatic rings. The fraction of sp³-hybridized carbons (Fsp3) is 0.167. The van der Waals surface area contributed by atoms with Crippen LogP contribution in [0, 0.1) is 18.3 Å². The number of aryl methyl sites for hydroxylation is 1. The van der Waals surface area contributed by atoms with Crippen molar-refractivity contribution in [2.75, 3.05) is 5.32 Å². The fourth-order valence-corrected chi connectivity index (χ4v) is 2.85. The Hall–Kier alpha value is -3.31. The summed E-state index contributed by atoms with van der Waals surface area (Å²) in [7, 11) is 0. The van der Waals surface area contributed by atoms with Crippen LogP contribution in [0.3, 0.4) is 0 Å². The molecule has 1 aromatic carbocycles. The molecule has 0 radical (unpaired) electrons. The summed E-state index contributed by atoms with van der Waals surface area (Å²) < 4.78 is 17.9. The van der Waals surface area contributed by atoms with Crippen LogP contribution in [0.5, 0.6) is 0 Å². The molecule has 0 bridgehead atoms. The number of rotatable bonds is 5. The number of carbonyl (C=O) groups is 2. The molecule has 0 saturated heterocycles. The van der Waals surface area contributed by atoms with Gasteiger partial charge in [-0.15, -0.1) is 0 Å². The average Bonchev–Trinajstić information content (AvgIpc) is 3.17. The van der Waals surface area contributed by atoms with Gasteiger partial charge in [0.1, 0.15) is 17.3 Å². The van der Waals surface area contributed by atoms with Crippen molar-refractivity contribution in [3.8, 4) is 17.4 Å². The molecule has 26 heavy (non-hydrogen) atoms. The highest BCUT2D eigenvalue weighted by atomic mass is 32.1. The van der Waals surface area contributed by atoms with Gasteiger partial charge in [0, 0.05) is 17.1 Å². The minimum absolute atomic E-state index is 0.0750. The van der Waals surface area contributed by atoms with Crippen LogP contribution in [0.25, 0.3) is 11.3 Å². The molecule has 0 unspecified atom stereocenters. The Labute approximate surface area is 154 Å². The topological polar surface area (TPSA) is 109 Å². The van der Waals surface area contributed by atoms with E-state index >= 15 is 0 Å². The van der Waals surface area contributed by atoms with E-state index in [1.54, 1.807) is 31.2 Å². The first-order chi connectivity index (χ1) is 12.9. The van der Waals surface area contributed by atoms with Crippen molar-refractivity contribution in [3.05, 3.63) is 53.0 Å². The number of nitrogens with one attached hydrogen (secondary N) is 1. The lowest BCUT2D eigenvalue weighted by atomic mass is 10.1. The van der Waals surface area contributed by atoms with Gasteiger partial charge >= 0.3 is 0 Å². The maximum absolute atomic E-state index is 12.6. The van der Waals surface area contributed by atoms with E-state index in [1.165, 1.54) is 6.92 Å². The molecule has 0 fully saturated rings. The van der Waals surface area contributed by atoms with E-state index in [0.717, 1.165) is 11.5 Å². The molecule has 2 heterocycles. The summed E-state index contributed by atoms with van der Waals surface area (Å²) in [6.45, 7) is 3.02. The summed E-state index contributed by atoms with van der Waals surface area (Å²) in [6, 6.07) is 8.58. The standard InChI is InChI=1S/C18H14N4O3S/c1-10(23)6-16-20-18(26-22-16)21-17(24)14-8-15(25-11(14)2)13-5-3-4-12(7-13)9-19/h3-5,7-8H,6H2,1-2H3,(H,20,21,22,24)/i8D. The maximum atomic E-state index is 12.6. The molecule has 8 heteroatoms. The zero-order chi connectivity index (χ0) is 19.6. The van der Waals surface area contributed by atoms with Crippen molar-refractivity contribution in [3.63, 3.8) is 0 Å². The van der Waals surface area contributed by atoms with Crippen molar-refractivity contribution in [2.24, 2.45) is 0 Å². The number of ketones is 1. The van der Waals surface area contributed by atoms with Crippen LogP contribution >= 0.6 is 11.5 Å². The lowest BCUT2D eigenvalue weighted by Crippen LogP contribution is -2.12. The van der Waals surface area contributed by atoms with E-state index in [1.807, 2.05) is 6.07 Å². The van der Waals surface area contributed by atoms with E-state index in [0.29, 0.717) is 17.0 Å². The molecule has 7 nitrogen and oxygen atoms in total. The summed E-state index contributed by atoms with van der Waals surface area (Å²) >= 11 is 0.961. The van der Waals surface area contributed by atoms with Crippen LogP contribution in [0.4, 0.5) is 5.13 Å². The first kappa shape index (κ1) is 16.2. The zero-order valence-corrected chi connectivity index (χ0v) is 14.8. The van der Waals surface area contributed by atoms with Gasteiger partial charge in [0.2, 0.25) is 5.13 Å². The predicted molar refractivity (Wildman–Crippen MR) is 95.8 cm³/mol. The lowest BCUT2D eigenvalue weighted by molar-refractivity contribution is -0.116. The highest BCUT2D eigenvalue weighted by molar-refractivity contribution is 7.09. The van der Waals surface area contributed by atoms with Crippen molar-refractivity contribution in [1.82, 2.24) is 9.36 Å². The van der Waals surface area contributed by atoms with Crippen LogP contribution < -0.4 is 5.32 Å². The van der Waals surface area contributed by atoms with Gasteiger partial charge < -0.3 is 4.42 Å². The summed E-state index contributed by atoms with van der Waals surface area (Å²) in [5.41, 5.74) is 1.05. The van der Waals surface area contributed by atoms with Crippen LogP contribution in [0.15, 0.2) is 34.7 Å². The molecule has 1 N–H and O–H groups in total. The highest BCUT2D eigenvalue weighted by Gasteiger charge is 2.18. The molecule has 0 saturated carbocycles. The molecular weight excluding hydrogens is 352 g/mol. The van der Waals surface area contributed by atoms with E-state index in [-0.39, 0.29) is 40.5 Å². The molecule has 3 aromatic rings. The third-order valence-electron chi connectivity index (χ3n) is 3.42. The van der Waals surface area contributed by atoms with Crippen molar-refractivity contribution >= 4 is 28.4 Å². The molecule has 0 atom stereocenters. The number of benzene rings is 1. The second-order valence-electron chi connectivity index (χ2n) is 5.53. The lowest BCUT2D eigenvalue weighted by Gasteiger charge is -1.98. The number of aromatic nitrogens is 2. The quantitative estimate of drug-likeness (QED) is 0.740. The number of nitrogens with zero attached hydrogens (tertiary/aromatic N) is 3. The second-order valence-corrected chi connectivity index (χ2v) is 6.28. The zero-order valence-electron chi connectivity index (χ0n) is 15.0. The highest BCUT2D eigenvalue weighted by Crippen LogP contribution is 2.27. The fourth-order valence-electron chi connectivity index (χ4n) is 2.27. The van der Waals surface area contributed by atoms with Crippen LogP contribution in [0.2, 0.25) is 0 Å². The van der Waals surface area contributed by atoms with Crippen LogP contribution in [0.1, 0.15) is 35.8 Å². The van der Waals surface area contributed by atoms with Gasteiger partial charge in [-0.1, -0.05) is 12.1 Å². The third kappa shape index (κ3) is 3.84. The largest absolute Gasteiger partial charge is 0.461 e. The number of hydrogen-bond acceptors (Lipinski definition) is 7. The minimum atomic E-state index is -0.547. The molecule has 0 spiro atoms. The first-order valence-electron chi connectivity index (χ1n) is 8.13. The van der Waals surface area contributed by atoms with Crippen LogP contribution in [-0.2, 0) is 11.2 Å². The Morgan fingerprint density at radius 2 is 2.27 bits per heavy atom. The first-order valence-corrected chi connectivity index (χ1v) is 8.40. The second kappa shape index (κ2) is 7.29. The number of anilines is 1. The monoisotopic (exact) mass is 367 g/mol. The van der Waals surface area contributed by atoms with Gasteiger partial charge in [0.25, 0.3) is 5.91 Å². The number of nitriles is 1. The van der Waals surface area contributed by atoms with Crippen molar-refractivity contribution < 1.29 is 15.4 Å². The average molecular weight is 367 g/mol. The van der Waals surface area contributed by atoms with E-state index in [2.05, 4.69) is 14.7 Å². The molecule has 130 valence electrons. The van der Waals surface area contributed by atoms with Crippen LogP contribution in [-0.4, -0.2) is 21.0 Å². The van der Waals surface area contributed by atoms with Gasteiger partial charge in [-0.05, 0) is 32.0 Å². The van der Waals surface area contributed by atoms with Gasteiger partial charge in [-0.2, -0.15) is 9.64 Å². The number of furan rings is 1. The van der Waals surface area contributed by atoms with E-state index < -0.39 is 5.91 Å². The van der Waals surface area contributed by atoms with Gasteiger partial charge in [0.05, 0.1) is 25.0 Å². The van der Waals surface area contributed by atoms with Crippen molar-refractivity contribution in [1.29, 1.82) is 5.26 Å². The Kier molecular flexibility index (Phi) is 4.53. The summed E-state index contributed by atoms with van der Waals surface area (Å²) in [4.78, 5) is 27.8. The SMILES string of the molecule is [2H]c1c(-c2cccc(C#N)c2)oc(C)c1C(=O)Nc1nc(CC(C)=O)ns1. The van der Waals surface area contributed by atoms with Gasteiger partial charge in [-0.3, -0.25) is 14.9 Å². The van der Waals surface area contributed by atoms with Crippen molar-refractivity contribution in [2.45, 2.75) is 20.3 Å². The number of hydrogen-bond donors (Lipinski definition) is 1. The van der Waals surface area contributed by atoms with Gasteiger partial charge in [0.15, 0.2) is 5.82 Å². The Bertz CT molecular complexity index is 1080. The molecule has 0 aliphatic carbocycles. The number of carbonyl (C=O) groups excluding carboxylic acids is 2. The molecule has 2 aromatic heterocycles. The maximum Gasteiger partial charge on any atom is 0.261 e. The normalized spacial score (nSPS) is 10.9. The molecule has 0 aliphatic heterocycles. The molecular formula is C18H14N4O3S. The minimum Gasteiger partial charge on any atom is -0.461 e. The summed E-state index contributed by atoms with van der Waals surface area (Å²) in [5, 5.41) is 11.8. The molecule has 3 rings (SSSR count). The Balaban J connectivity index is 1.87. The third-order valence-corrected chi connectivity index (χ3v) is 4.09. The Morgan fingerprint density at radius 3 is 3.00 bits per heavy atom. The summed E-state index contributed by atoms with van der Waals surface area (Å²) in [6.07, 6.45) is 0.0974. The Morgan fingerprint density at radius 1 is 1.46 bits per heavy atom. The van der Waals surface area contributed by atoms with Gasteiger partial charge in [-0.25, -0.2) is 4.98 Å². The van der Waals surface area contributed by atoms with E-state index in [9.17, 15) is 9.59 Å². The smallest absolute Gasteiger partial charge is 0.261 e. The molecule has 1 amide bonds. The van der Waals surface area contributed by atoms with E-state index in [4.69, 9.17) is 11.0 Å². The predicted octanol–water partition coefficient (Wildman–Crippen LogP) is 3.36. The summed E-state index contributed by atoms with van der Waals surface area (Å²) in [5.74, 6) is 0.211. The number of amides is 1.